The summed E-state index contributed by atoms with van der Waals surface area (Å²) < 4.78 is 5.67. The van der Waals surface area contributed by atoms with Crippen LogP contribution in [0, 0.1) is 5.92 Å². The van der Waals surface area contributed by atoms with Crippen molar-refractivity contribution in [2.45, 2.75) is 65.6 Å². The lowest BCUT2D eigenvalue weighted by Crippen LogP contribution is -2.32. The molecule has 0 bridgehead atoms. The lowest BCUT2D eigenvalue weighted by atomic mass is 10.1. The fourth-order valence-electron chi connectivity index (χ4n) is 3.12. The van der Waals surface area contributed by atoms with Gasteiger partial charge in [0.2, 0.25) is 0 Å². The van der Waals surface area contributed by atoms with Gasteiger partial charge in [0.15, 0.2) is 0 Å². The van der Waals surface area contributed by atoms with Crippen LogP contribution in [0.3, 0.4) is 0 Å². The second-order valence-electron chi connectivity index (χ2n) is 6.40. The summed E-state index contributed by atoms with van der Waals surface area (Å²) in [6.07, 6.45) is 7.37. The first-order valence-corrected chi connectivity index (χ1v) is 8.20. The van der Waals surface area contributed by atoms with E-state index < -0.39 is 0 Å². The number of hydrogen-bond acceptors (Lipinski definition) is 3. The zero-order chi connectivity index (χ0) is 14.4. The lowest BCUT2D eigenvalue weighted by Gasteiger charge is -2.27. The van der Waals surface area contributed by atoms with Crippen molar-refractivity contribution in [2.24, 2.45) is 5.92 Å². The van der Waals surface area contributed by atoms with Crippen LogP contribution in [0.1, 0.15) is 57.8 Å². The number of rotatable bonds is 8. The second kappa shape index (κ2) is 7.84. The predicted molar refractivity (Wildman–Crippen MR) is 83.6 cm³/mol. The van der Waals surface area contributed by atoms with E-state index in [-0.39, 0.29) is 0 Å². The molecule has 0 unspecified atom stereocenters. The first kappa shape index (κ1) is 15.6. The topological polar surface area (TPSA) is 28.4 Å². The summed E-state index contributed by atoms with van der Waals surface area (Å²) in [5.41, 5.74) is 1.36. The highest BCUT2D eigenvalue weighted by molar-refractivity contribution is 5.17. The molecule has 1 heterocycles. The Hall–Kier alpha value is -0.800. The lowest BCUT2D eigenvalue weighted by molar-refractivity contribution is 0.198. The van der Waals surface area contributed by atoms with Gasteiger partial charge in [-0.3, -0.25) is 4.90 Å². The van der Waals surface area contributed by atoms with Crippen molar-refractivity contribution < 1.29 is 4.42 Å². The summed E-state index contributed by atoms with van der Waals surface area (Å²) in [6, 6.07) is 2.93. The van der Waals surface area contributed by atoms with Crippen molar-refractivity contribution >= 4 is 0 Å². The van der Waals surface area contributed by atoms with Crippen LogP contribution in [0.2, 0.25) is 0 Å². The quantitative estimate of drug-likeness (QED) is 0.784. The zero-order valence-electron chi connectivity index (χ0n) is 13.3. The van der Waals surface area contributed by atoms with Crippen molar-refractivity contribution in [3.05, 3.63) is 23.7 Å². The smallest absolute Gasteiger partial charge is 0.122 e. The van der Waals surface area contributed by atoms with Gasteiger partial charge < -0.3 is 9.73 Å². The van der Waals surface area contributed by atoms with E-state index in [1.165, 1.54) is 31.2 Å². The molecule has 3 nitrogen and oxygen atoms in total. The maximum absolute atomic E-state index is 5.67. The average Bonchev–Trinajstić information content (AvgIpc) is 3.06. The molecule has 1 fully saturated rings. The molecule has 2 rings (SSSR count). The van der Waals surface area contributed by atoms with Crippen molar-refractivity contribution in [3.8, 4) is 0 Å². The molecule has 0 amide bonds. The van der Waals surface area contributed by atoms with Gasteiger partial charge in [0, 0.05) is 18.2 Å². The maximum atomic E-state index is 5.67. The highest BCUT2D eigenvalue weighted by atomic mass is 16.3. The molecule has 0 radical (unpaired) electrons. The number of nitrogens with one attached hydrogen (secondary N) is 1. The van der Waals surface area contributed by atoms with E-state index in [1.807, 2.05) is 6.26 Å². The third-order valence-corrected chi connectivity index (χ3v) is 4.30. The van der Waals surface area contributed by atoms with Crippen molar-refractivity contribution in [1.82, 2.24) is 10.2 Å². The Bertz CT molecular complexity index is 380. The van der Waals surface area contributed by atoms with Crippen LogP contribution in [-0.2, 0) is 13.1 Å². The van der Waals surface area contributed by atoms with E-state index >= 15 is 0 Å². The summed E-state index contributed by atoms with van der Waals surface area (Å²) in [5.74, 6) is 1.79. The van der Waals surface area contributed by atoms with Gasteiger partial charge in [-0.2, -0.15) is 0 Å². The van der Waals surface area contributed by atoms with Crippen LogP contribution in [0.25, 0.3) is 0 Å². The molecule has 1 aromatic heterocycles. The van der Waals surface area contributed by atoms with Crippen molar-refractivity contribution in [3.63, 3.8) is 0 Å². The van der Waals surface area contributed by atoms with E-state index in [0.717, 1.165) is 38.0 Å². The maximum Gasteiger partial charge on any atom is 0.122 e. The Morgan fingerprint density at radius 1 is 1.35 bits per heavy atom. The molecule has 20 heavy (non-hydrogen) atoms. The van der Waals surface area contributed by atoms with Crippen LogP contribution in [0.4, 0.5) is 0 Å². The highest BCUT2D eigenvalue weighted by Gasteiger charge is 2.22. The summed E-state index contributed by atoms with van der Waals surface area (Å²) >= 11 is 0. The van der Waals surface area contributed by atoms with Crippen LogP contribution < -0.4 is 5.32 Å². The molecule has 1 aliphatic rings. The van der Waals surface area contributed by atoms with E-state index in [9.17, 15) is 0 Å². The van der Waals surface area contributed by atoms with E-state index in [4.69, 9.17) is 4.42 Å². The summed E-state index contributed by atoms with van der Waals surface area (Å²) in [5, 5.41) is 3.48. The standard InChI is InChI=1S/C17H30N2O/c1-4-19(16-7-5-6-8-16)13-15-9-10-20-17(15)12-18-11-14(2)3/h9-10,14,16,18H,4-8,11-13H2,1-3H3. The highest BCUT2D eigenvalue weighted by Crippen LogP contribution is 2.25. The minimum atomic E-state index is 0.680. The van der Waals surface area contributed by atoms with E-state index in [1.54, 1.807) is 0 Å². The van der Waals surface area contributed by atoms with Gasteiger partial charge in [0.05, 0.1) is 12.8 Å². The SMILES string of the molecule is CCN(Cc1ccoc1CNCC(C)C)C1CCCC1. The predicted octanol–water partition coefficient (Wildman–Crippen LogP) is 3.79. The Labute approximate surface area is 123 Å². The first-order valence-electron chi connectivity index (χ1n) is 8.20. The van der Waals surface area contributed by atoms with Gasteiger partial charge in [-0.1, -0.05) is 33.6 Å². The number of nitrogens with zero attached hydrogens (tertiary/aromatic N) is 1. The van der Waals surface area contributed by atoms with E-state index in [0.29, 0.717) is 5.92 Å². The zero-order valence-corrected chi connectivity index (χ0v) is 13.3. The molecule has 0 spiro atoms. The molecule has 1 saturated carbocycles. The third kappa shape index (κ3) is 4.35. The normalized spacial score (nSPS) is 16.6. The van der Waals surface area contributed by atoms with Crippen LogP contribution in [0.5, 0.6) is 0 Å². The molecular weight excluding hydrogens is 248 g/mol. The van der Waals surface area contributed by atoms with Gasteiger partial charge in [-0.05, 0) is 37.9 Å². The first-order chi connectivity index (χ1) is 9.70. The van der Waals surface area contributed by atoms with Crippen molar-refractivity contribution in [2.75, 3.05) is 13.1 Å². The number of hydrogen-bond donors (Lipinski definition) is 1. The van der Waals surface area contributed by atoms with Gasteiger partial charge >= 0.3 is 0 Å². The van der Waals surface area contributed by atoms with Gasteiger partial charge in [0.25, 0.3) is 0 Å². The van der Waals surface area contributed by atoms with Crippen LogP contribution in [-0.4, -0.2) is 24.0 Å². The van der Waals surface area contributed by atoms with E-state index in [2.05, 4.69) is 37.1 Å². The minimum Gasteiger partial charge on any atom is -0.468 e. The van der Waals surface area contributed by atoms with Gasteiger partial charge in [-0.15, -0.1) is 0 Å². The minimum absolute atomic E-state index is 0.680. The van der Waals surface area contributed by atoms with Crippen molar-refractivity contribution in [1.29, 1.82) is 0 Å². The fourth-order valence-corrected chi connectivity index (χ4v) is 3.12. The molecule has 1 aliphatic carbocycles. The summed E-state index contributed by atoms with van der Waals surface area (Å²) in [7, 11) is 0. The molecule has 3 heteroatoms. The summed E-state index contributed by atoms with van der Waals surface area (Å²) in [4.78, 5) is 2.61. The van der Waals surface area contributed by atoms with Crippen LogP contribution >= 0.6 is 0 Å². The number of furan rings is 1. The second-order valence-corrected chi connectivity index (χ2v) is 6.40. The average molecular weight is 278 g/mol. The molecule has 0 aromatic carbocycles. The Morgan fingerprint density at radius 3 is 2.75 bits per heavy atom. The molecule has 1 aromatic rings. The summed E-state index contributed by atoms with van der Waals surface area (Å²) in [6.45, 7) is 10.8. The third-order valence-electron chi connectivity index (χ3n) is 4.30. The molecule has 1 N–H and O–H groups in total. The molecule has 0 atom stereocenters. The monoisotopic (exact) mass is 278 g/mol. The fraction of sp³-hybridized carbons (Fsp3) is 0.765. The Balaban J connectivity index is 1.89. The van der Waals surface area contributed by atoms with Gasteiger partial charge in [-0.25, -0.2) is 0 Å². The molecular formula is C17H30N2O. The van der Waals surface area contributed by atoms with Gasteiger partial charge in [0.1, 0.15) is 5.76 Å². The van der Waals surface area contributed by atoms with Crippen LogP contribution in [0.15, 0.2) is 16.7 Å². The largest absolute Gasteiger partial charge is 0.468 e. The molecule has 0 aliphatic heterocycles. The molecule has 0 saturated heterocycles. The molecule has 114 valence electrons. The Kier molecular flexibility index (Phi) is 6.11. The Morgan fingerprint density at radius 2 is 2.10 bits per heavy atom.